The average molecular weight is 309 g/mol. The molecular formula is C16H20FNO4. The van der Waals surface area contributed by atoms with Gasteiger partial charge in [0.1, 0.15) is 0 Å². The van der Waals surface area contributed by atoms with Crippen molar-refractivity contribution in [1.82, 2.24) is 4.90 Å². The minimum Gasteiger partial charge on any atom is -0.494 e. The second-order valence-electron chi connectivity index (χ2n) is 5.49. The number of rotatable bonds is 5. The Morgan fingerprint density at radius 2 is 2.18 bits per heavy atom. The fourth-order valence-corrected chi connectivity index (χ4v) is 2.91. The van der Waals surface area contributed by atoms with E-state index in [1.807, 2.05) is 0 Å². The first-order valence-corrected chi connectivity index (χ1v) is 7.29. The van der Waals surface area contributed by atoms with Gasteiger partial charge in [0.15, 0.2) is 11.6 Å². The van der Waals surface area contributed by atoms with E-state index in [0.717, 1.165) is 0 Å². The van der Waals surface area contributed by atoms with Crippen LogP contribution in [0.25, 0.3) is 0 Å². The van der Waals surface area contributed by atoms with Gasteiger partial charge in [0.25, 0.3) is 0 Å². The molecule has 1 aliphatic rings. The highest BCUT2D eigenvalue weighted by atomic mass is 19.1. The second-order valence-corrected chi connectivity index (χ2v) is 5.49. The van der Waals surface area contributed by atoms with Crippen LogP contribution in [0, 0.1) is 11.7 Å². The van der Waals surface area contributed by atoms with Crippen molar-refractivity contribution in [3.63, 3.8) is 0 Å². The van der Waals surface area contributed by atoms with Crippen LogP contribution in [-0.2, 0) is 16.0 Å². The van der Waals surface area contributed by atoms with Crippen LogP contribution in [0.1, 0.15) is 25.3 Å². The standard InChI is InChI=1S/C16H20FNO4/c1-10-12(16(20)21)8-9-18(10)14(19)7-6-11-4-3-5-13(22-2)15(11)17/h3-5,10,12H,6-9H2,1-2H3,(H,20,21). The summed E-state index contributed by atoms with van der Waals surface area (Å²) in [6.45, 7) is 2.19. The summed E-state index contributed by atoms with van der Waals surface area (Å²) in [4.78, 5) is 24.9. The molecule has 1 fully saturated rings. The average Bonchev–Trinajstić information content (AvgIpc) is 2.88. The Morgan fingerprint density at radius 1 is 1.45 bits per heavy atom. The van der Waals surface area contributed by atoms with Crippen LogP contribution in [0.2, 0.25) is 0 Å². The molecule has 22 heavy (non-hydrogen) atoms. The molecule has 0 aromatic heterocycles. The van der Waals surface area contributed by atoms with E-state index in [4.69, 9.17) is 9.84 Å². The number of carbonyl (C=O) groups is 2. The minimum atomic E-state index is -0.873. The van der Waals surface area contributed by atoms with Crippen molar-refractivity contribution in [3.05, 3.63) is 29.6 Å². The van der Waals surface area contributed by atoms with E-state index in [9.17, 15) is 14.0 Å². The number of halogens is 1. The number of hydrogen-bond donors (Lipinski definition) is 1. The summed E-state index contributed by atoms with van der Waals surface area (Å²) in [5, 5.41) is 9.08. The number of amides is 1. The number of methoxy groups -OCH3 is 1. The fourth-order valence-electron chi connectivity index (χ4n) is 2.91. The molecule has 1 aromatic rings. The molecule has 6 heteroatoms. The van der Waals surface area contributed by atoms with Gasteiger partial charge in [0.05, 0.1) is 13.0 Å². The summed E-state index contributed by atoms with van der Waals surface area (Å²) in [6, 6.07) is 4.51. The van der Waals surface area contributed by atoms with Crippen LogP contribution in [0.4, 0.5) is 4.39 Å². The minimum absolute atomic E-state index is 0.140. The Labute approximate surface area is 128 Å². The Kier molecular flexibility index (Phi) is 5.00. The molecule has 1 N–H and O–H groups in total. The first-order valence-electron chi connectivity index (χ1n) is 7.29. The van der Waals surface area contributed by atoms with E-state index in [0.29, 0.717) is 18.5 Å². The molecule has 2 atom stereocenters. The number of carbonyl (C=O) groups excluding carboxylic acids is 1. The third-order valence-corrected chi connectivity index (χ3v) is 4.26. The lowest BCUT2D eigenvalue weighted by atomic mass is 10.0. The summed E-state index contributed by atoms with van der Waals surface area (Å²) in [5.41, 5.74) is 0.425. The first-order chi connectivity index (χ1) is 10.5. The molecule has 1 aliphatic heterocycles. The van der Waals surface area contributed by atoms with Crippen LogP contribution >= 0.6 is 0 Å². The van der Waals surface area contributed by atoms with Crippen molar-refractivity contribution in [3.8, 4) is 5.75 Å². The summed E-state index contributed by atoms with van der Waals surface area (Å²) < 4.78 is 18.9. The molecule has 1 saturated heterocycles. The monoisotopic (exact) mass is 309 g/mol. The lowest BCUT2D eigenvalue weighted by Crippen LogP contribution is -2.37. The molecule has 120 valence electrons. The summed E-state index contributed by atoms with van der Waals surface area (Å²) in [6.07, 6.45) is 0.888. The third kappa shape index (κ3) is 3.21. The van der Waals surface area contributed by atoms with E-state index < -0.39 is 17.7 Å². The van der Waals surface area contributed by atoms with Crippen molar-refractivity contribution in [2.75, 3.05) is 13.7 Å². The zero-order valence-corrected chi connectivity index (χ0v) is 12.7. The van der Waals surface area contributed by atoms with Gasteiger partial charge in [0, 0.05) is 19.0 Å². The lowest BCUT2D eigenvalue weighted by Gasteiger charge is -2.23. The maximum absolute atomic E-state index is 14.0. The van der Waals surface area contributed by atoms with Gasteiger partial charge in [0.2, 0.25) is 5.91 Å². The molecule has 0 aliphatic carbocycles. The largest absolute Gasteiger partial charge is 0.494 e. The number of hydrogen-bond acceptors (Lipinski definition) is 3. The van der Waals surface area contributed by atoms with Gasteiger partial charge in [-0.05, 0) is 31.4 Å². The van der Waals surface area contributed by atoms with E-state index in [2.05, 4.69) is 0 Å². The van der Waals surface area contributed by atoms with Crippen molar-refractivity contribution >= 4 is 11.9 Å². The molecule has 0 radical (unpaired) electrons. The maximum Gasteiger partial charge on any atom is 0.308 e. The van der Waals surface area contributed by atoms with E-state index in [1.165, 1.54) is 13.2 Å². The number of carboxylic acid groups (broad SMARTS) is 1. The quantitative estimate of drug-likeness (QED) is 0.904. The molecule has 5 nitrogen and oxygen atoms in total. The van der Waals surface area contributed by atoms with Gasteiger partial charge >= 0.3 is 5.97 Å². The van der Waals surface area contributed by atoms with Crippen LogP contribution < -0.4 is 4.74 Å². The number of ether oxygens (including phenoxy) is 1. The number of aliphatic carboxylic acids is 1. The topological polar surface area (TPSA) is 66.8 Å². The van der Waals surface area contributed by atoms with Crippen molar-refractivity contribution < 1.29 is 23.8 Å². The molecule has 0 spiro atoms. The Balaban J connectivity index is 1.98. The molecular weight excluding hydrogens is 289 g/mol. The molecule has 2 unspecified atom stereocenters. The summed E-state index contributed by atoms with van der Waals surface area (Å²) in [5.74, 6) is -1.82. The van der Waals surface area contributed by atoms with Gasteiger partial charge < -0.3 is 14.7 Å². The third-order valence-electron chi connectivity index (χ3n) is 4.26. The molecule has 1 aromatic carbocycles. The normalized spacial score (nSPS) is 21.0. The summed E-state index contributed by atoms with van der Waals surface area (Å²) >= 11 is 0. The highest BCUT2D eigenvalue weighted by Gasteiger charge is 2.37. The number of nitrogens with zero attached hydrogens (tertiary/aromatic N) is 1. The van der Waals surface area contributed by atoms with E-state index in [1.54, 1.807) is 24.0 Å². The van der Waals surface area contributed by atoms with Gasteiger partial charge in [-0.1, -0.05) is 12.1 Å². The number of benzene rings is 1. The lowest BCUT2D eigenvalue weighted by molar-refractivity contribution is -0.143. The number of likely N-dealkylation sites (tertiary alicyclic amines) is 1. The number of aryl methyl sites for hydroxylation is 1. The van der Waals surface area contributed by atoms with E-state index >= 15 is 0 Å². The zero-order chi connectivity index (χ0) is 16.3. The van der Waals surface area contributed by atoms with Crippen LogP contribution in [0.3, 0.4) is 0 Å². The fraction of sp³-hybridized carbons (Fsp3) is 0.500. The maximum atomic E-state index is 14.0. The van der Waals surface area contributed by atoms with Crippen molar-refractivity contribution in [1.29, 1.82) is 0 Å². The van der Waals surface area contributed by atoms with Gasteiger partial charge in [-0.25, -0.2) is 4.39 Å². The van der Waals surface area contributed by atoms with Crippen LogP contribution in [0.15, 0.2) is 18.2 Å². The second kappa shape index (κ2) is 6.77. The van der Waals surface area contributed by atoms with Crippen LogP contribution in [0.5, 0.6) is 5.75 Å². The zero-order valence-electron chi connectivity index (χ0n) is 12.7. The van der Waals surface area contributed by atoms with Crippen molar-refractivity contribution in [2.45, 2.75) is 32.2 Å². The molecule has 2 rings (SSSR count). The molecule has 0 bridgehead atoms. The van der Waals surface area contributed by atoms with Crippen molar-refractivity contribution in [2.24, 2.45) is 5.92 Å². The predicted octanol–water partition coefficient (Wildman–Crippen LogP) is 2.09. The van der Waals surface area contributed by atoms with Crippen LogP contribution in [-0.4, -0.2) is 41.6 Å². The predicted molar refractivity (Wildman–Crippen MR) is 78.2 cm³/mol. The Hall–Kier alpha value is -2.11. The Bertz CT molecular complexity index is 575. The Morgan fingerprint density at radius 3 is 2.77 bits per heavy atom. The van der Waals surface area contributed by atoms with Gasteiger partial charge in [-0.2, -0.15) is 0 Å². The SMILES string of the molecule is COc1cccc(CCC(=O)N2CCC(C(=O)O)C2C)c1F. The highest BCUT2D eigenvalue weighted by Crippen LogP contribution is 2.26. The van der Waals surface area contributed by atoms with Gasteiger partial charge in [-0.3, -0.25) is 9.59 Å². The van der Waals surface area contributed by atoms with E-state index in [-0.39, 0.29) is 30.5 Å². The highest BCUT2D eigenvalue weighted by molar-refractivity contribution is 5.79. The summed E-state index contributed by atoms with van der Waals surface area (Å²) in [7, 11) is 1.39. The molecule has 1 heterocycles. The van der Waals surface area contributed by atoms with Gasteiger partial charge in [-0.15, -0.1) is 0 Å². The first kappa shape index (κ1) is 16.3. The smallest absolute Gasteiger partial charge is 0.308 e. The molecule has 1 amide bonds. The number of carboxylic acids is 1. The molecule has 0 saturated carbocycles.